The Kier molecular flexibility index (Phi) is 3.39. The number of ether oxygens (including phenoxy) is 1. The third kappa shape index (κ3) is 2.52. The summed E-state index contributed by atoms with van der Waals surface area (Å²) in [5, 5.41) is 8.63. The van der Waals surface area contributed by atoms with Crippen LogP contribution in [-0.4, -0.2) is 42.9 Å². The summed E-state index contributed by atoms with van der Waals surface area (Å²) in [4.78, 5) is 2.22. The van der Waals surface area contributed by atoms with Gasteiger partial charge in [0, 0.05) is 18.8 Å². The molecule has 0 aromatic rings. The molecule has 11 heavy (non-hydrogen) atoms. The first-order valence-electron chi connectivity index (χ1n) is 3.95. The van der Waals surface area contributed by atoms with Crippen molar-refractivity contribution >= 4 is 0 Å². The molecule has 1 N–H and O–H groups in total. The van der Waals surface area contributed by atoms with Crippen molar-refractivity contribution in [1.82, 2.24) is 4.90 Å². The van der Waals surface area contributed by atoms with Gasteiger partial charge in [0.2, 0.25) is 0 Å². The van der Waals surface area contributed by atoms with E-state index in [0.717, 1.165) is 32.0 Å². The van der Waals surface area contributed by atoms with Crippen LogP contribution in [0.25, 0.3) is 0 Å². The van der Waals surface area contributed by atoms with Crippen molar-refractivity contribution in [3.63, 3.8) is 0 Å². The predicted octanol–water partition coefficient (Wildman–Crippen LogP) is 0.215. The molecule has 0 bridgehead atoms. The third-order valence-electron chi connectivity index (χ3n) is 1.90. The Hall–Kier alpha value is -0.540. The summed E-state index contributed by atoms with van der Waals surface area (Å²) in [5.74, 6) is 0. The average Bonchev–Trinajstić information content (AvgIpc) is 2.07. The first-order valence-corrected chi connectivity index (χ1v) is 3.95. The molecule has 64 valence electrons. The molecule has 1 fully saturated rings. The van der Waals surface area contributed by atoms with Crippen LogP contribution in [0.1, 0.15) is 6.92 Å². The summed E-state index contributed by atoms with van der Waals surface area (Å²) in [7, 11) is 0. The van der Waals surface area contributed by atoms with Crippen LogP contribution in [0.5, 0.6) is 0 Å². The molecular formula is C8H15NO2. The molecule has 1 heterocycles. The summed E-state index contributed by atoms with van der Waals surface area (Å²) < 4.78 is 5.20. The largest absolute Gasteiger partial charge is 0.392 e. The highest BCUT2D eigenvalue weighted by Gasteiger charge is 2.09. The van der Waals surface area contributed by atoms with Crippen molar-refractivity contribution in [2.75, 3.05) is 32.9 Å². The fraction of sp³-hybridized carbons (Fsp3) is 0.750. The molecule has 0 spiro atoms. The molecule has 0 unspecified atom stereocenters. The van der Waals surface area contributed by atoms with Crippen molar-refractivity contribution in [2.24, 2.45) is 0 Å². The smallest absolute Gasteiger partial charge is 0.0642 e. The van der Waals surface area contributed by atoms with E-state index >= 15 is 0 Å². The highest BCUT2D eigenvalue weighted by atomic mass is 16.5. The summed E-state index contributed by atoms with van der Waals surface area (Å²) >= 11 is 0. The minimum atomic E-state index is 0.128. The van der Waals surface area contributed by atoms with Crippen LogP contribution in [0.15, 0.2) is 11.8 Å². The highest BCUT2D eigenvalue weighted by molar-refractivity contribution is 4.97. The lowest BCUT2D eigenvalue weighted by Crippen LogP contribution is -2.34. The van der Waals surface area contributed by atoms with Gasteiger partial charge in [-0.15, -0.1) is 0 Å². The molecular weight excluding hydrogens is 142 g/mol. The van der Waals surface area contributed by atoms with Gasteiger partial charge in [-0.3, -0.25) is 0 Å². The Morgan fingerprint density at radius 1 is 1.55 bits per heavy atom. The van der Waals surface area contributed by atoms with Gasteiger partial charge >= 0.3 is 0 Å². The zero-order valence-electron chi connectivity index (χ0n) is 6.92. The molecule has 0 radical (unpaired) electrons. The molecule has 0 saturated carbocycles. The van der Waals surface area contributed by atoms with Crippen LogP contribution < -0.4 is 0 Å². The Balaban J connectivity index is 2.38. The molecule has 0 aromatic heterocycles. The highest BCUT2D eigenvalue weighted by Crippen LogP contribution is 2.05. The SMILES string of the molecule is C/C(=C\CO)N1CCOCC1. The van der Waals surface area contributed by atoms with Crippen LogP contribution in [0.4, 0.5) is 0 Å². The Bertz CT molecular complexity index is 139. The second-order valence-corrected chi connectivity index (χ2v) is 2.63. The van der Waals surface area contributed by atoms with Crippen LogP contribution in [0, 0.1) is 0 Å². The average molecular weight is 157 g/mol. The monoisotopic (exact) mass is 157 g/mol. The zero-order valence-corrected chi connectivity index (χ0v) is 6.92. The minimum Gasteiger partial charge on any atom is -0.392 e. The van der Waals surface area contributed by atoms with Crippen molar-refractivity contribution in [2.45, 2.75) is 6.92 Å². The molecule has 0 aliphatic carbocycles. The number of rotatable bonds is 2. The molecule has 0 amide bonds. The maximum atomic E-state index is 8.63. The lowest BCUT2D eigenvalue weighted by Gasteiger charge is -2.29. The normalized spacial score (nSPS) is 20.5. The van der Waals surface area contributed by atoms with E-state index in [1.807, 2.05) is 13.0 Å². The van der Waals surface area contributed by atoms with Crippen molar-refractivity contribution in [3.05, 3.63) is 11.8 Å². The lowest BCUT2D eigenvalue weighted by atomic mass is 10.3. The van der Waals surface area contributed by atoms with Crippen LogP contribution in [0.3, 0.4) is 0 Å². The molecule has 0 aromatic carbocycles. The van der Waals surface area contributed by atoms with Gasteiger partial charge in [0.05, 0.1) is 19.8 Å². The Morgan fingerprint density at radius 3 is 2.73 bits per heavy atom. The molecule has 1 rings (SSSR count). The zero-order chi connectivity index (χ0) is 8.10. The van der Waals surface area contributed by atoms with E-state index in [2.05, 4.69) is 4.90 Å². The topological polar surface area (TPSA) is 32.7 Å². The van der Waals surface area contributed by atoms with Gasteiger partial charge < -0.3 is 14.7 Å². The van der Waals surface area contributed by atoms with Gasteiger partial charge in [0.1, 0.15) is 0 Å². The first kappa shape index (κ1) is 8.56. The van der Waals surface area contributed by atoms with Crippen LogP contribution in [0.2, 0.25) is 0 Å². The predicted molar refractivity (Wildman–Crippen MR) is 43.2 cm³/mol. The van der Waals surface area contributed by atoms with Gasteiger partial charge in [-0.2, -0.15) is 0 Å². The number of morpholine rings is 1. The van der Waals surface area contributed by atoms with E-state index in [9.17, 15) is 0 Å². The van der Waals surface area contributed by atoms with Crippen molar-refractivity contribution in [1.29, 1.82) is 0 Å². The van der Waals surface area contributed by atoms with Crippen LogP contribution in [-0.2, 0) is 4.74 Å². The minimum absolute atomic E-state index is 0.128. The van der Waals surface area contributed by atoms with Gasteiger partial charge in [0.15, 0.2) is 0 Å². The molecule has 3 nitrogen and oxygen atoms in total. The van der Waals surface area contributed by atoms with Crippen LogP contribution >= 0.6 is 0 Å². The fourth-order valence-electron chi connectivity index (χ4n) is 1.18. The number of aliphatic hydroxyl groups is 1. The standard InChI is InChI=1S/C8H15NO2/c1-8(2-5-10)9-3-6-11-7-4-9/h2,10H,3-7H2,1H3/b8-2+. The Morgan fingerprint density at radius 2 is 2.18 bits per heavy atom. The first-order chi connectivity index (χ1) is 5.34. The number of hydrogen-bond acceptors (Lipinski definition) is 3. The second-order valence-electron chi connectivity index (χ2n) is 2.63. The summed E-state index contributed by atoms with van der Waals surface area (Å²) in [6.45, 7) is 5.64. The maximum absolute atomic E-state index is 8.63. The second kappa shape index (κ2) is 4.36. The molecule has 1 aliphatic rings. The van der Waals surface area contributed by atoms with E-state index in [-0.39, 0.29) is 6.61 Å². The molecule has 0 atom stereocenters. The third-order valence-corrected chi connectivity index (χ3v) is 1.90. The van der Waals surface area contributed by atoms with E-state index in [1.54, 1.807) is 0 Å². The number of allylic oxidation sites excluding steroid dienone is 1. The van der Waals surface area contributed by atoms with E-state index in [4.69, 9.17) is 9.84 Å². The van der Waals surface area contributed by atoms with E-state index < -0.39 is 0 Å². The van der Waals surface area contributed by atoms with Crippen molar-refractivity contribution < 1.29 is 9.84 Å². The van der Waals surface area contributed by atoms with E-state index in [0.29, 0.717) is 0 Å². The van der Waals surface area contributed by atoms with Gasteiger partial charge in [-0.05, 0) is 13.0 Å². The molecule has 1 aliphatic heterocycles. The van der Waals surface area contributed by atoms with Gasteiger partial charge in [-0.25, -0.2) is 0 Å². The quantitative estimate of drug-likeness (QED) is 0.622. The van der Waals surface area contributed by atoms with Gasteiger partial charge in [-0.1, -0.05) is 0 Å². The number of nitrogens with zero attached hydrogens (tertiary/aromatic N) is 1. The lowest BCUT2D eigenvalue weighted by molar-refractivity contribution is 0.0534. The van der Waals surface area contributed by atoms with E-state index in [1.165, 1.54) is 0 Å². The molecule has 3 heteroatoms. The number of hydrogen-bond donors (Lipinski definition) is 1. The summed E-state index contributed by atoms with van der Waals surface area (Å²) in [6, 6.07) is 0. The summed E-state index contributed by atoms with van der Waals surface area (Å²) in [5.41, 5.74) is 1.15. The van der Waals surface area contributed by atoms with Gasteiger partial charge in [0.25, 0.3) is 0 Å². The molecule has 1 saturated heterocycles. The van der Waals surface area contributed by atoms with Crippen molar-refractivity contribution in [3.8, 4) is 0 Å². The Labute approximate surface area is 67.3 Å². The maximum Gasteiger partial charge on any atom is 0.0642 e. The fourth-order valence-corrected chi connectivity index (χ4v) is 1.18. The summed E-state index contributed by atoms with van der Waals surface area (Å²) in [6.07, 6.45) is 1.82. The number of aliphatic hydroxyl groups excluding tert-OH is 1.